The molecule has 1 fully saturated rings. The molecule has 0 amide bonds. The van der Waals surface area contributed by atoms with Crippen LogP contribution in [-0.2, 0) is 17.8 Å². The second-order valence-electron chi connectivity index (χ2n) is 6.23. The van der Waals surface area contributed by atoms with Crippen LogP contribution in [0.1, 0.15) is 24.0 Å². The number of ether oxygens (including phenoxy) is 1. The van der Waals surface area contributed by atoms with Crippen molar-refractivity contribution in [2.45, 2.75) is 32.9 Å². The van der Waals surface area contributed by atoms with Gasteiger partial charge in [-0.3, -0.25) is 0 Å². The normalized spacial score (nSPS) is 16.5. The van der Waals surface area contributed by atoms with E-state index in [0.717, 1.165) is 45.1 Å². The van der Waals surface area contributed by atoms with E-state index >= 15 is 0 Å². The van der Waals surface area contributed by atoms with Crippen LogP contribution in [0.5, 0.6) is 0 Å². The minimum Gasteiger partial charge on any atom is -0.395 e. The summed E-state index contributed by atoms with van der Waals surface area (Å²) in [6, 6.07) is 6.54. The highest BCUT2D eigenvalue weighted by Gasteiger charge is 2.16. The fraction of sp³-hybridized carbons (Fsp3) is 0.556. The van der Waals surface area contributed by atoms with Crippen molar-refractivity contribution in [2.75, 3.05) is 26.4 Å². The number of hydrogen-bond donors (Lipinski definition) is 2. The number of aromatic nitrogens is 1. The van der Waals surface area contributed by atoms with Gasteiger partial charge in [0.1, 0.15) is 0 Å². The molecule has 1 aliphatic rings. The maximum Gasteiger partial charge on any atom is 0.0556 e. The van der Waals surface area contributed by atoms with E-state index in [-0.39, 0.29) is 6.61 Å². The zero-order valence-electron chi connectivity index (χ0n) is 13.3. The smallest absolute Gasteiger partial charge is 0.0556 e. The number of fused-ring (bicyclic) bond motifs is 1. The molecular weight excluding hydrogens is 276 g/mol. The molecule has 2 aromatic rings. The zero-order valence-corrected chi connectivity index (χ0v) is 13.3. The Morgan fingerprint density at radius 2 is 2.14 bits per heavy atom. The molecule has 4 nitrogen and oxygen atoms in total. The summed E-state index contributed by atoms with van der Waals surface area (Å²) >= 11 is 0. The molecule has 0 unspecified atom stereocenters. The monoisotopic (exact) mass is 302 g/mol. The molecule has 2 heterocycles. The van der Waals surface area contributed by atoms with Crippen molar-refractivity contribution in [2.24, 2.45) is 5.92 Å². The van der Waals surface area contributed by atoms with Gasteiger partial charge < -0.3 is 19.7 Å². The minimum atomic E-state index is 0.180. The summed E-state index contributed by atoms with van der Waals surface area (Å²) in [5.41, 5.74) is 3.98. The summed E-state index contributed by atoms with van der Waals surface area (Å²) in [6.45, 7) is 6.70. The molecule has 1 aromatic heterocycles. The Kier molecular flexibility index (Phi) is 5.13. The molecule has 22 heavy (non-hydrogen) atoms. The predicted molar refractivity (Wildman–Crippen MR) is 89.0 cm³/mol. The number of nitrogens with one attached hydrogen (secondary N) is 1. The third-order valence-electron chi connectivity index (χ3n) is 4.58. The lowest BCUT2D eigenvalue weighted by molar-refractivity contribution is 0.0616. The molecule has 0 atom stereocenters. The van der Waals surface area contributed by atoms with Gasteiger partial charge in [-0.05, 0) is 42.9 Å². The lowest BCUT2D eigenvalue weighted by atomic mass is 10.0. The van der Waals surface area contributed by atoms with Gasteiger partial charge in [-0.2, -0.15) is 0 Å². The highest BCUT2D eigenvalue weighted by Crippen LogP contribution is 2.27. The van der Waals surface area contributed by atoms with Gasteiger partial charge in [0.05, 0.1) is 6.61 Å². The molecule has 3 rings (SSSR count). The van der Waals surface area contributed by atoms with E-state index in [1.165, 1.54) is 22.0 Å². The van der Waals surface area contributed by atoms with Crippen LogP contribution in [0, 0.1) is 12.8 Å². The second-order valence-corrected chi connectivity index (χ2v) is 6.23. The van der Waals surface area contributed by atoms with Gasteiger partial charge >= 0.3 is 0 Å². The molecule has 1 aromatic carbocycles. The molecular formula is C18H26N2O2. The van der Waals surface area contributed by atoms with Crippen LogP contribution in [0.4, 0.5) is 0 Å². The van der Waals surface area contributed by atoms with Crippen molar-refractivity contribution < 1.29 is 9.84 Å². The highest BCUT2D eigenvalue weighted by atomic mass is 16.5. The van der Waals surface area contributed by atoms with E-state index in [4.69, 9.17) is 9.84 Å². The Balaban J connectivity index is 1.84. The van der Waals surface area contributed by atoms with Crippen LogP contribution in [0.15, 0.2) is 24.4 Å². The second kappa shape index (κ2) is 7.27. The Bertz CT molecular complexity index is 615. The first-order valence-electron chi connectivity index (χ1n) is 8.26. The minimum absolute atomic E-state index is 0.180. The van der Waals surface area contributed by atoms with E-state index in [1.54, 1.807) is 0 Å². The standard InChI is InChI=1S/C18H26N2O2/c1-14-12-20(13-15-5-9-22-10-6-15)17-4-2-3-16(18(14)17)11-19-7-8-21/h2-4,12,15,19,21H,5-11,13H2,1H3. The van der Waals surface area contributed by atoms with Crippen molar-refractivity contribution in [3.63, 3.8) is 0 Å². The quantitative estimate of drug-likeness (QED) is 0.806. The van der Waals surface area contributed by atoms with Gasteiger partial charge in [-0.25, -0.2) is 0 Å². The van der Waals surface area contributed by atoms with Gasteiger partial charge in [0.2, 0.25) is 0 Å². The molecule has 1 aliphatic heterocycles. The molecule has 4 heteroatoms. The first kappa shape index (κ1) is 15.5. The molecule has 120 valence electrons. The van der Waals surface area contributed by atoms with Crippen molar-refractivity contribution in [1.82, 2.24) is 9.88 Å². The van der Waals surface area contributed by atoms with Gasteiger partial charge in [-0.15, -0.1) is 0 Å². The van der Waals surface area contributed by atoms with Crippen molar-refractivity contribution in [3.05, 3.63) is 35.5 Å². The topological polar surface area (TPSA) is 46.4 Å². The molecule has 0 radical (unpaired) electrons. The van der Waals surface area contributed by atoms with Crippen LogP contribution in [0.3, 0.4) is 0 Å². The summed E-state index contributed by atoms with van der Waals surface area (Å²) in [7, 11) is 0. The van der Waals surface area contributed by atoms with Crippen LogP contribution in [0.2, 0.25) is 0 Å². The fourth-order valence-corrected chi connectivity index (χ4v) is 3.46. The van der Waals surface area contributed by atoms with Crippen LogP contribution in [0.25, 0.3) is 10.9 Å². The molecule has 0 saturated carbocycles. The maximum absolute atomic E-state index is 8.92. The van der Waals surface area contributed by atoms with E-state index in [0.29, 0.717) is 6.54 Å². The van der Waals surface area contributed by atoms with E-state index < -0.39 is 0 Å². The predicted octanol–water partition coefficient (Wildman–Crippen LogP) is 2.46. The number of nitrogens with zero attached hydrogens (tertiary/aromatic N) is 1. The summed E-state index contributed by atoms with van der Waals surface area (Å²) in [5, 5.41) is 13.6. The SMILES string of the molecule is Cc1cn(CC2CCOCC2)c2cccc(CNCCO)c12. The number of aliphatic hydroxyl groups is 1. The summed E-state index contributed by atoms with van der Waals surface area (Å²) in [6.07, 6.45) is 4.61. The average Bonchev–Trinajstić information content (AvgIpc) is 2.86. The lowest BCUT2D eigenvalue weighted by Gasteiger charge is -2.22. The summed E-state index contributed by atoms with van der Waals surface area (Å²) in [4.78, 5) is 0. The first-order valence-corrected chi connectivity index (χ1v) is 8.26. The van der Waals surface area contributed by atoms with E-state index in [2.05, 4.69) is 41.2 Å². The lowest BCUT2D eigenvalue weighted by Crippen LogP contribution is -2.20. The Morgan fingerprint density at radius 3 is 2.91 bits per heavy atom. The van der Waals surface area contributed by atoms with Crippen LogP contribution < -0.4 is 5.32 Å². The number of hydrogen-bond acceptors (Lipinski definition) is 3. The third kappa shape index (κ3) is 3.35. The Hall–Kier alpha value is -1.36. The molecule has 1 saturated heterocycles. The molecule has 2 N–H and O–H groups in total. The fourth-order valence-electron chi connectivity index (χ4n) is 3.46. The Morgan fingerprint density at radius 1 is 1.32 bits per heavy atom. The third-order valence-corrected chi connectivity index (χ3v) is 4.58. The molecule has 0 spiro atoms. The highest BCUT2D eigenvalue weighted by molar-refractivity contribution is 5.87. The summed E-state index contributed by atoms with van der Waals surface area (Å²) in [5.74, 6) is 0.722. The van der Waals surface area contributed by atoms with Crippen LogP contribution >= 0.6 is 0 Å². The number of aryl methyl sites for hydroxylation is 1. The Labute approximate surface area is 132 Å². The molecule has 0 bridgehead atoms. The average molecular weight is 302 g/mol. The van der Waals surface area contributed by atoms with E-state index in [1.807, 2.05) is 0 Å². The van der Waals surface area contributed by atoms with Crippen LogP contribution in [-0.4, -0.2) is 36.0 Å². The number of rotatable bonds is 6. The van der Waals surface area contributed by atoms with Gasteiger partial charge in [0.15, 0.2) is 0 Å². The van der Waals surface area contributed by atoms with Gasteiger partial charge in [0.25, 0.3) is 0 Å². The van der Waals surface area contributed by atoms with Crippen molar-refractivity contribution in [1.29, 1.82) is 0 Å². The van der Waals surface area contributed by atoms with E-state index in [9.17, 15) is 0 Å². The first-order chi connectivity index (χ1) is 10.8. The maximum atomic E-state index is 8.92. The van der Waals surface area contributed by atoms with Crippen molar-refractivity contribution in [3.8, 4) is 0 Å². The van der Waals surface area contributed by atoms with Gasteiger partial charge in [0, 0.05) is 49.9 Å². The number of benzene rings is 1. The summed E-state index contributed by atoms with van der Waals surface area (Å²) < 4.78 is 7.88. The van der Waals surface area contributed by atoms with Crippen molar-refractivity contribution >= 4 is 10.9 Å². The van der Waals surface area contributed by atoms with Gasteiger partial charge in [-0.1, -0.05) is 12.1 Å². The largest absolute Gasteiger partial charge is 0.395 e. The molecule has 0 aliphatic carbocycles. The number of aliphatic hydroxyl groups excluding tert-OH is 1. The zero-order chi connectivity index (χ0) is 15.4.